The van der Waals surface area contributed by atoms with Crippen molar-refractivity contribution < 1.29 is 28.1 Å². The second-order valence-corrected chi connectivity index (χ2v) is 8.79. The Balaban J connectivity index is 1.30. The first-order valence-corrected chi connectivity index (χ1v) is 11.2. The van der Waals surface area contributed by atoms with Crippen LogP contribution in [0.25, 0.3) is 0 Å². The first-order chi connectivity index (χ1) is 15.6. The molecule has 1 amide bonds. The fourth-order valence-corrected chi connectivity index (χ4v) is 4.79. The van der Waals surface area contributed by atoms with E-state index in [0.29, 0.717) is 49.1 Å². The topological polar surface area (TPSA) is 57.2 Å². The number of rotatable bonds is 6. The predicted molar refractivity (Wildman–Crippen MR) is 115 cm³/mol. The highest BCUT2D eigenvalue weighted by atomic mass is 19.1. The molecule has 3 aliphatic rings. The van der Waals surface area contributed by atoms with E-state index in [1.54, 1.807) is 36.3 Å². The lowest BCUT2D eigenvalue weighted by Crippen LogP contribution is -2.53. The largest absolute Gasteiger partial charge is 0.493 e. The molecule has 3 fully saturated rings. The second kappa shape index (κ2) is 8.71. The molecule has 2 aliphatic heterocycles. The molecule has 0 aromatic heterocycles. The Morgan fingerprint density at radius 1 is 1.22 bits per heavy atom. The Labute approximate surface area is 187 Å². The van der Waals surface area contributed by atoms with Gasteiger partial charge in [-0.1, -0.05) is 18.6 Å². The van der Waals surface area contributed by atoms with Crippen LogP contribution < -0.4 is 9.47 Å². The van der Waals surface area contributed by atoms with Gasteiger partial charge >= 0.3 is 0 Å². The molecule has 1 saturated carbocycles. The Morgan fingerprint density at radius 3 is 2.84 bits per heavy atom. The summed E-state index contributed by atoms with van der Waals surface area (Å²) in [7, 11) is 1.58. The monoisotopic (exact) mass is 441 g/mol. The van der Waals surface area contributed by atoms with Crippen LogP contribution in [0, 0.1) is 11.7 Å². The van der Waals surface area contributed by atoms with E-state index in [0.717, 1.165) is 5.56 Å². The SMILES string of the molecule is COc1cc(C(=O)N2CC[C@]3(c4cccc(F)c4)OCOC3C2)ccc1OCC1CCC1. The summed E-state index contributed by atoms with van der Waals surface area (Å²) in [5.41, 5.74) is 0.562. The number of carbonyl (C=O) groups excluding carboxylic acids is 1. The number of fused-ring (bicyclic) bond motifs is 1. The van der Waals surface area contributed by atoms with E-state index in [4.69, 9.17) is 18.9 Å². The van der Waals surface area contributed by atoms with Crippen molar-refractivity contribution in [2.24, 2.45) is 5.92 Å². The number of hydrogen-bond acceptors (Lipinski definition) is 5. The Morgan fingerprint density at radius 2 is 2.09 bits per heavy atom. The molecule has 7 heteroatoms. The summed E-state index contributed by atoms with van der Waals surface area (Å²) in [4.78, 5) is 15.0. The maximum Gasteiger partial charge on any atom is 0.254 e. The summed E-state index contributed by atoms with van der Waals surface area (Å²) in [6, 6.07) is 11.8. The predicted octanol–water partition coefficient (Wildman–Crippen LogP) is 4.13. The lowest BCUT2D eigenvalue weighted by Gasteiger charge is -2.42. The smallest absolute Gasteiger partial charge is 0.254 e. The standard InChI is InChI=1S/C25H28FNO5/c1-29-22-12-18(8-9-21(22)30-15-17-4-2-5-17)24(28)27-11-10-25(23(14-27)31-16-32-25)19-6-3-7-20(26)13-19/h3,6-9,12-13,17,23H,2,4-5,10-11,14-16H2,1H3/t23?,25-/m1/s1. The molecule has 2 heterocycles. The van der Waals surface area contributed by atoms with Gasteiger partial charge in [0.05, 0.1) is 20.3 Å². The molecule has 5 rings (SSSR count). The summed E-state index contributed by atoms with van der Waals surface area (Å²) in [5, 5.41) is 0. The molecule has 2 aromatic carbocycles. The van der Waals surface area contributed by atoms with E-state index in [2.05, 4.69) is 0 Å². The third kappa shape index (κ3) is 3.84. The van der Waals surface area contributed by atoms with E-state index in [9.17, 15) is 9.18 Å². The Bertz CT molecular complexity index is 994. The number of halogens is 1. The summed E-state index contributed by atoms with van der Waals surface area (Å²) in [6.07, 6.45) is 3.86. The lowest BCUT2D eigenvalue weighted by molar-refractivity contribution is -0.0441. The number of nitrogens with zero attached hydrogens (tertiary/aromatic N) is 1. The molecule has 0 bridgehead atoms. The van der Waals surface area contributed by atoms with Crippen molar-refractivity contribution in [3.05, 3.63) is 59.4 Å². The van der Waals surface area contributed by atoms with Gasteiger partial charge in [-0.3, -0.25) is 4.79 Å². The molecule has 1 unspecified atom stereocenters. The van der Waals surface area contributed by atoms with Gasteiger partial charge in [0, 0.05) is 18.5 Å². The number of hydrogen-bond donors (Lipinski definition) is 0. The van der Waals surface area contributed by atoms with Gasteiger partial charge in [-0.05, 0) is 54.7 Å². The van der Waals surface area contributed by atoms with Crippen LogP contribution in [-0.2, 0) is 15.1 Å². The summed E-state index contributed by atoms with van der Waals surface area (Å²) >= 11 is 0. The molecule has 1 aliphatic carbocycles. The quantitative estimate of drug-likeness (QED) is 0.675. The van der Waals surface area contributed by atoms with Gasteiger partial charge < -0.3 is 23.8 Å². The van der Waals surface area contributed by atoms with Crippen LogP contribution in [0.5, 0.6) is 11.5 Å². The van der Waals surface area contributed by atoms with E-state index in [1.807, 2.05) is 6.07 Å². The number of carbonyl (C=O) groups is 1. The molecular formula is C25H28FNO5. The van der Waals surface area contributed by atoms with Crippen LogP contribution in [0.1, 0.15) is 41.6 Å². The first-order valence-electron chi connectivity index (χ1n) is 11.2. The molecule has 0 spiro atoms. The minimum Gasteiger partial charge on any atom is -0.493 e. The second-order valence-electron chi connectivity index (χ2n) is 8.79. The number of ether oxygens (including phenoxy) is 4. The average Bonchev–Trinajstić information content (AvgIpc) is 3.22. The van der Waals surface area contributed by atoms with Gasteiger partial charge in [0.15, 0.2) is 11.5 Å². The number of likely N-dealkylation sites (tertiary alicyclic amines) is 1. The molecule has 2 atom stereocenters. The zero-order valence-corrected chi connectivity index (χ0v) is 18.2. The van der Waals surface area contributed by atoms with E-state index in [1.165, 1.54) is 31.4 Å². The van der Waals surface area contributed by atoms with Crippen molar-refractivity contribution in [1.29, 1.82) is 0 Å². The van der Waals surface area contributed by atoms with Crippen LogP contribution >= 0.6 is 0 Å². The highest BCUT2D eigenvalue weighted by molar-refractivity contribution is 5.95. The van der Waals surface area contributed by atoms with Crippen molar-refractivity contribution in [1.82, 2.24) is 4.90 Å². The van der Waals surface area contributed by atoms with Crippen LogP contribution in [0.4, 0.5) is 4.39 Å². The minimum absolute atomic E-state index is 0.0998. The lowest BCUT2D eigenvalue weighted by atomic mass is 9.82. The number of amides is 1. The fraction of sp³-hybridized carbons (Fsp3) is 0.480. The van der Waals surface area contributed by atoms with Crippen molar-refractivity contribution in [3.8, 4) is 11.5 Å². The van der Waals surface area contributed by atoms with Gasteiger partial charge in [-0.15, -0.1) is 0 Å². The summed E-state index contributed by atoms with van der Waals surface area (Å²) < 4.78 is 37.0. The van der Waals surface area contributed by atoms with Crippen LogP contribution in [0.15, 0.2) is 42.5 Å². The maximum absolute atomic E-state index is 13.8. The van der Waals surface area contributed by atoms with Crippen molar-refractivity contribution in [2.75, 3.05) is 33.6 Å². The van der Waals surface area contributed by atoms with E-state index >= 15 is 0 Å². The minimum atomic E-state index is -0.726. The van der Waals surface area contributed by atoms with Gasteiger partial charge in [-0.25, -0.2) is 4.39 Å². The summed E-state index contributed by atoms with van der Waals surface area (Å²) in [5.74, 6) is 1.42. The summed E-state index contributed by atoms with van der Waals surface area (Å²) in [6.45, 7) is 1.66. The highest BCUT2D eigenvalue weighted by Crippen LogP contribution is 2.43. The molecular weight excluding hydrogens is 413 g/mol. The van der Waals surface area contributed by atoms with Gasteiger partial charge in [0.1, 0.15) is 24.3 Å². The molecule has 2 aromatic rings. The maximum atomic E-state index is 13.8. The number of piperidine rings is 1. The zero-order chi connectivity index (χ0) is 22.1. The van der Waals surface area contributed by atoms with E-state index < -0.39 is 5.60 Å². The van der Waals surface area contributed by atoms with Gasteiger partial charge in [0.2, 0.25) is 0 Å². The molecule has 32 heavy (non-hydrogen) atoms. The normalized spacial score (nSPS) is 25.2. The van der Waals surface area contributed by atoms with Crippen LogP contribution in [-0.4, -0.2) is 50.5 Å². The molecule has 0 N–H and O–H groups in total. The fourth-order valence-electron chi connectivity index (χ4n) is 4.79. The molecule has 170 valence electrons. The molecule has 0 radical (unpaired) electrons. The average molecular weight is 441 g/mol. The van der Waals surface area contributed by atoms with E-state index in [-0.39, 0.29) is 24.6 Å². The van der Waals surface area contributed by atoms with Crippen molar-refractivity contribution in [2.45, 2.75) is 37.4 Å². The Kier molecular flexibility index (Phi) is 5.78. The van der Waals surface area contributed by atoms with Crippen molar-refractivity contribution >= 4 is 5.91 Å². The van der Waals surface area contributed by atoms with Gasteiger partial charge in [-0.2, -0.15) is 0 Å². The Hall–Kier alpha value is -2.64. The highest BCUT2D eigenvalue weighted by Gasteiger charge is 2.51. The van der Waals surface area contributed by atoms with Gasteiger partial charge in [0.25, 0.3) is 5.91 Å². The van der Waals surface area contributed by atoms with Crippen molar-refractivity contribution in [3.63, 3.8) is 0 Å². The molecule has 6 nitrogen and oxygen atoms in total. The third-order valence-corrected chi connectivity index (χ3v) is 6.96. The number of benzene rings is 2. The third-order valence-electron chi connectivity index (χ3n) is 6.96. The zero-order valence-electron chi connectivity index (χ0n) is 18.2. The first kappa shape index (κ1) is 21.2. The molecule has 2 saturated heterocycles. The van der Waals surface area contributed by atoms with Crippen LogP contribution in [0.2, 0.25) is 0 Å². The number of methoxy groups -OCH3 is 1. The van der Waals surface area contributed by atoms with Crippen LogP contribution in [0.3, 0.4) is 0 Å².